The van der Waals surface area contributed by atoms with Crippen molar-refractivity contribution in [3.63, 3.8) is 0 Å². The molecule has 0 heterocycles. The van der Waals surface area contributed by atoms with E-state index in [2.05, 4.69) is 16.7 Å². The lowest BCUT2D eigenvalue weighted by molar-refractivity contribution is 0.171. The number of ether oxygens (including phenoxy) is 1. The Labute approximate surface area is 104 Å². The van der Waals surface area contributed by atoms with Gasteiger partial charge in [0.25, 0.3) is 0 Å². The normalized spacial score (nSPS) is 17.2. The van der Waals surface area contributed by atoms with Crippen LogP contribution in [0.2, 0.25) is 0 Å². The fourth-order valence-electron chi connectivity index (χ4n) is 2.03. The van der Waals surface area contributed by atoms with E-state index in [4.69, 9.17) is 4.74 Å². The second-order valence-corrected chi connectivity index (χ2v) is 4.61. The number of hydrogen-bond donors (Lipinski definition) is 2. The van der Waals surface area contributed by atoms with Gasteiger partial charge in [0.1, 0.15) is 0 Å². The van der Waals surface area contributed by atoms with Gasteiger partial charge in [0, 0.05) is 13.7 Å². The number of carbonyl (C=O) groups excluding carboxylic acids is 1. The van der Waals surface area contributed by atoms with Crippen LogP contribution in [0.25, 0.3) is 0 Å². The molecule has 0 fully saturated rings. The molecule has 2 amide bonds. The summed E-state index contributed by atoms with van der Waals surface area (Å²) in [7, 11) is 1.63. The molecule has 1 unspecified atom stereocenters. The van der Waals surface area contributed by atoms with Gasteiger partial charge in [0.2, 0.25) is 0 Å². The summed E-state index contributed by atoms with van der Waals surface area (Å²) in [5.41, 5.74) is 1.49. The van der Waals surface area contributed by atoms with Gasteiger partial charge >= 0.3 is 6.03 Å². The van der Waals surface area contributed by atoms with E-state index in [-0.39, 0.29) is 12.1 Å². The Morgan fingerprint density at radius 3 is 3.00 bits per heavy atom. The molecule has 0 aromatic carbocycles. The number of urea groups is 1. The molecule has 17 heavy (non-hydrogen) atoms. The molecule has 0 aromatic rings. The van der Waals surface area contributed by atoms with Gasteiger partial charge in [-0.2, -0.15) is 0 Å². The van der Waals surface area contributed by atoms with Crippen LogP contribution in [0.4, 0.5) is 4.79 Å². The molecule has 0 saturated carbocycles. The second-order valence-electron chi connectivity index (χ2n) is 4.61. The third-order valence-corrected chi connectivity index (χ3v) is 2.91. The summed E-state index contributed by atoms with van der Waals surface area (Å²) in [5.74, 6) is 0. The first-order chi connectivity index (χ1) is 8.22. The Morgan fingerprint density at radius 1 is 1.53 bits per heavy atom. The Balaban J connectivity index is 2.09. The fourth-order valence-corrected chi connectivity index (χ4v) is 2.03. The molecular weight excluding hydrogens is 216 g/mol. The molecule has 1 rings (SSSR count). The van der Waals surface area contributed by atoms with Gasteiger partial charge in [-0.1, -0.05) is 11.6 Å². The number of hydrogen-bond acceptors (Lipinski definition) is 2. The van der Waals surface area contributed by atoms with E-state index in [0.717, 1.165) is 13.0 Å². The molecule has 0 radical (unpaired) electrons. The van der Waals surface area contributed by atoms with Crippen LogP contribution in [0.1, 0.15) is 39.0 Å². The van der Waals surface area contributed by atoms with E-state index in [1.807, 2.05) is 6.92 Å². The minimum atomic E-state index is -0.106. The van der Waals surface area contributed by atoms with Crippen LogP contribution >= 0.6 is 0 Å². The molecule has 98 valence electrons. The van der Waals surface area contributed by atoms with Crippen molar-refractivity contribution < 1.29 is 9.53 Å². The Bertz CT molecular complexity index is 264. The van der Waals surface area contributed by atoms with Crippen LogP contribution in [0, 0.1) is 0 Å². The molecule has 1 atom stereocenters. The topological polar surface area (TPSA) is 50.4 Å². The summed E-state index contributed by atoms with van der Waals surface area (Å²) in [6.07, 6.45) is 8.30. The highest BCUT2D eigenvalue weighted by atomic mass is 16.5. The molecule has 0 aliphatic heterocycles. The minimum Gasteiger partial charge on any atom is -0.383 e. The van der Waals surface area contributed by atoms with Gasteiger partial charge in [-0.25, -0.2) is 4.79 Å². The first kappa shape index (κ1) is 14.0. The van der Waals surface area contributed by atoms with Gasteiger partial charge in [0.05, 0.1) is 12.6 Å². The number of amides is 2. The maximum Gasteiger partial charge on any atom is 0.315 e. The monoisotopic (exact) mass is 240 g/mol. The van der Waals surface area contributed by atoms with Gasteiger partial charge < -0.3 is 15.4 Å². The number of methoxy groups -OCH3 is 1. The highest BCUT2D eigenvalue weighted by Gasteiger charge is 2.07. The average Bonchev–Trinajstić information content (AvgIpc) is 2.30. The molecular formula is C13H24N2O2. The third kappa shape index (κ3) is 6.31. The molecule has 1 aliphatic carbocycles. The van der Waals surface area contributed by atoms with Gasteiger partial charge in [0.15, 0.2) is 0 Å². The van der Waals surface area contributed by atoms with E-state index < -0.39 is 0 Å². The molecule has 0 aromatic heterocycles. The first-order valence-corrected chi connectivity index (χ1v) is 6.43. The quantitative estimate of drug-likeness (QED) is 0.699. The molecule has 1 aliphatic rings. The molecule has 2 N–H and O–H groups in total. The summed E-state index contributed by atoms with van der Waals surface area (Å²) in [4.78, 5) is 11.5. The average molecular weight is 240 g/mol. The predicted molar refractivity (Wildman–Crippen MR) is 69.0 cm³/mol. The fraction of sp³-hybridized carbons (Fsp3) is 0.769. The van der Waals surface area contributed by atoms with Crippen LogP contribution in [-0.4, -0.2) is 32.3 Å². The van der Waals surface area contributed by atoms with Crippen LogP contribution in [0.3, 0.4) is 0 Å². The number of rotatable bonds is 6. The Hall–Kier alpha value is -1.03. The standard InChI is InChI=1S/C13H24N2O2/c1-11(10-17-2)15-13(16)14-9-8-12-6-4-3-5-7-12/h6,11H,3-5,7-10H2,1-2H3,(H2,14,15,16). The van der Waals surface area contributed by atoms with Crippen LogP contribution in [-0.2, 0) is 4.74 Å². The van der Waals surface area contributed by atoms with E-state index in [0.29, 0.717) is 6.61 Å². The highest BCUT2D eigenvalue weighted by molar-refractivity contribution is 5.74. The number of carbonyl (C=O) groups is 1. The molecule has 4 heteroatoms. The van der Waals surface area contributed by atoms with Crippen molar-refractivity contribution in [2.45, 2.75) is 45.1 Å². The van der Waals surface area contributed by atoms with Gasteiger partial charge in [-0.15, -0.1) is 0 Å². The van der Waals surface area contributed by atoms with E-state index >= 15 is 0 Å². The first-order valence-electron chi connectivity index (χ1n) is 6.43. The maximum atomic E-state index is 11.5. The number of nitrogens with one attached hydrogen (secondary N) is 2. The van der Waals surface area contributed by atoms with Crippen molar-refractivity contribution >= 4 is 6.03 Å². The molecule has 4 nitrogen and oxygen atoms in total. The van der Waals surface area contributed by atoms with Crippen LogP contribution in [0.5, 0.6) is 0 Å². The zero-order valence-corrected chi connectivity index (χ0v) is 10.9. The van der Waals surface area contributed by atoms with Crippen LogP contribution < -0.4 is 10.6 Å². The van der Waals surface area contributed by atoms with Crippen molar-refractivity contribution in [3.05, 3.63) is 11.6 Å². The molecule has 0 bridgehead atoms. The van der Waals surface area contributed by atoms with Gasteiger partial charge in [-0.05, 0) is 39.0 Å². The summed E-state index contributed by atoms with van der Waals surface area (Å²) < 4.78 is 4.95. The third-order valence-electron chi connectivity index (χ3n) is 2.91. The lowest BCUT2D eigenvalue weighted by Crippen LogP contribution is -2.42. The summed E-state index contributed by atoms with van der Waals surface area (Å²) in [6, 6.07) is -0.0557. The zero-order valence-electron chi connectivity index (χ0n) is 10.9. The van der Waals surface area contributed by atoms with Gasteiger partial charge in [-0.3, -0.25) is 0 Å². The maximum absolute atomic E-state index is 11.5. The number of allylic oxidation sites excluding steroid dienone is 1. The van der Waals surface area contributed by atoms with E-state index in [1.165, 1.54) is 31.3 Å². The highest BCUT2D eigenvalue weighted by Crippen LogP contribution is 2.19. The van der Waals surface area contributed by atoms with Crippen molar-refractivity contribution in [2.24, 2.45) is 0 Å². The molecule has 0 saturated heterocycles. The minimum absolute atomic E-state index is 0.0499. The second kappa shape index (κ2) is 8.12. The Morgan fingerprint density at radius 2 is 2.35 bits per heavy atom. The summed E-state index contributed by atoms with van der Waals surface area (Å²) >= 11 is 0. The smallest absolute Gasteiger partial charge is 0.315 e. The molecule has 0 spiro atoms. The van der Waals surface area contributed by atoms with Crippen molar-refractivity contribution in [2.75, 3.05) is 20.3 Å². The lowest BCUT2D eigenvalue weighted by atomic mass is 9.97. The van der Waals surface area contributed by atoms with Crippen molar-refractivity contribution in [3.8, 4) is 0 Å². The Kier molecular flexibility index (Phi) is 6.70. The summed E-state index contributed by atoms with van der Waals surface area (Å²) in [6.45, 7) is 3.18. The van der Waals surface area contributed by atoms with E-state index in [9.17, 15) is 4.79 Å². The summed E-state index contributed by atoms with van der Waals surface area (Å²) in [5, 5.41) is 5.70. The largest absolute Gasteiger partial charge is 0.383 e. The lowest BCUT2D eigenvalue weighted by Gasteiger charge is -2.15. The SMILES string of the molecule is COCC(C)NC(=O)NCCC1=CCCCC1. The van der Waals surface area contributed by atoms with Crippen LogP contribution in [0.15, 0.2) is 11.6 Å². The van der Waals surface area contributed by atoms with Crippen molar-refractivity contribution in [1.29, 1.82) is 0 Å². The predicted octanol–water partition coefficient (Wildman–Crippen LogP) is 2.21. The van der Waals surface area contributed by atoms with Crippen molar-refractivity contribution in [1.82, 2.24) is 10.6 Å². The zero-order chi connectivity index (χ0) is 12.5. The van der Waals surface area contributed by atoms with E-state index in [1.54, 1.807) is 7.11 Å².